The second kappa shape index (κ2) is 10.2. The molecule has 1 unspecified atom stereocenters. The van der Waals surface area contributed by atoms with Crippen molar-refractivity contribution in [3.63, 3.8) is 0 Å². The first kappa shape index (κ1) is 28.0. The third kappa shape index (κ3) is 4.43. The van der Waals surface area contributed by atoms with Crippen LogP contribution in [0.3, 0.4) is 0 Å². The zero-order chi connectivity index (χ0) is 29.0. The molecule has 0 radical (unpaired) electrons. The molecule has 3 aromatic rings. The number of pyridine rings is 2. The number of rotatable bonds is 8. The van der Waals surface area contributed by atoms with E-state index in [0.29, 0.717) is 47.9 Å². The van der Waals surface area contributed by atoms with Crippen LogP contribution in [-0.4, -0.2) is 41.2 Å². The summed E-state index contributed by atoms with van der Waals surface area (Å²) in [6.45, 7) is 11.3. The second-order valence-corrected chi connectivity index (χ2v) is 16.6. The number of aromatic hydroxyl groups is 1. The topological polar surface area (TPSA) is 134 Å². The minimum atomic E-state index is -2.08. The fourth-order valence-electron chi connectivity index (χ4n) is 6.61. The molecule has 0 amide bonds. The molecule has 4 heterocycles. The summed E-state index contributed by atoms with van der Waals surface area (Å²) in [7, 11) is -2.08. The van der Waals surface area contributed by atoms with Crippen molar-refractivity contribution in [1.29, 1.82) is 0 Å². The molecular formula is C30H37N3O6Si. The van der Waals surface area contributed by atoms with Gasteiger partial charge in [0.2, 0.25) is 5.60 Å². The molecule has 0 saturated carbocycles. The Labute approximate surface area is 234 Å². The number of hydrogen-bond acceptors (Lipinski definition) is 8. The molecule has 0 spiro atoms. The first-order valence-electron chi connectivity index (χ1n) is 14.0. The van der Waals surface area contributed by atoms with Crippen LogP contribution in [0.25, 0.3) is 22.3 Å². The maximum absolute atomic E-state index is 14.0. The number of phenols is 1. The van der Waals surface area contributed by atoms with E-state index in [4.69, 9.17) is 20.2 Å². The Morgan fingerprint density at radius 2 is 2.00 bits per heavy atom. The Morgan fingerprint density at radius 1 is 1.25 bits per heavy atom. The molecule has 2 aliphatic rings. The van der Waals surface area contributed by atoms with Gasteiger partial charge in [-0.05, 0) is 60.3 Å². The molecule has 10 heteroatoms. The van der Waals surface area contributed by atoms with Gasteiger partial charge in [0, 0.05) is 17.4 Å². The van der Waals surface area contributed by atoms with Crippen molar-refractivity contribution in [2.24, 2.45) is 11.7 Å². The number of benzene rings is 1. The predicted molar refractivity (Wildman–Crippen MR) is 155 cm³/mol. The van der Waals surface area contributed by atoms with Crippen LogP contribution in [0.15, 0.2) is 29.1 Å². The highest BCUT2D eigenvalue weighted by Crippen LogP contribution is 2.41. The van der Waals surface area contributed by atoms with E-state index in [2.05, 4.69) is 26.9 Å². The SMILES string of the molecule is CCC1(OC(=O)CCCN)C(=O)OCc2c1cc1n(c2=O)Cc2c-1nc1ccc(O)cc1c2[Si](C)(C)CC(C)C. The van der Waals surface area contributed by atoms with Crippen LogP contribution >= 0.6 is 0 Å². The summed E-state index contributed by atoms with van der Waals surface area (Å²) in [5, 5.41) is 12.5. The largest absolute Gasteiger partial charge is 0.508 e. The van der Waals surface area contributed by atoms with E-state index in [1.165, 1.54) is 5.19 Å². The van der Waals surface area contributed by atoms with Gasteiger partial charge in [-0.1, -0.05) is 39.9 Å². The highest BCUT2D eigenvalue weighted by atomic mass is 28.3. The molecule has 0 bridgehead atoms. The molecule has 1 atom stereocenters. The van der Waals surface area contributed by atoms with Crippen LogP contribution in [0.1, 0.15) is 56.7 Å². The van der Waals surface area contributed by atoms with Gasteiger partial charge in [0.25, 0.3) is 5.56 Å². The Morgan fingerprint density at radius 3 is 2.67 bits per heavy atom. The van der Waals surface area contributed by atoms with Crippen molar-refractivity contribution < 1.29 is 24.2 Å². The smallest absolute Gasteiger partial charge is 0.355 e. The molecule has 3 N–H and O–H groups in total. The first-order chi connectivity index (χ1) is 18.9. The van der Waals surface area contributed by atoms with Crippen molar-refractivity contribution in [2.45, 2.75) is 77.9 Å². The van der Waals surface area contributed by atoms with Crippen LogP contribution in [0.5, 0.6) is 5.75 Å². The molecule has 0 fully saturated rings. The van der Waals surface area contributed by atoms with E-state index in [9.17, 15) is 19.5 Å². The average Bonchev–Trinajstić information content (AvgIpc) is 3.25. The summed E-state index contributed by atoms with van der Waals surface area (Å²) in [5.41, 5.74) is 7.24. The summed E-state index contributed by atoms with van der Waals surface area (Å²) >= 11 is 0. The standard InChI is InChI=1S/C30H37N3O6Si/c1-6-30(39-25(35)8-7-11-31)22-13-24-26-20(14-33(24)28(36)21(22)15-38-29(30)37)27(40(4,5)16-17(2)3)19-12-18(34)9-10-23(19)32-26/h9-10,12-13,17,34H,6-8,11,14-16,31H2,1-5H3. The number of carbonyl (C=O) groups excluding carboxylic acids is 2. The van der Waals surface area contributed by atoms with Gasteiger partial charge in [0.05, 0.1) is 37.1 Å². The zero-order valence-electron chi connectivity index (χ0n) is 23.8. The molecule has 2 aliphatic heterocycles. The summed E-state index contributed by atoms with van der Waals surface area (Å²) in [6, 6.07) is 8.02. The molecule has 1 aromatic carbocycles. The van der Waals surface area contributed by atoms with Crippen molar-refractivity contribution >= 4 is 36.1 Å². The van der Waals surface area contributed by atoms with E-state index in [1.807, 2.05) is 0 Å². The highest BCUT2D eigenvalue weighted by molar-refractivity contribution is 6.92. The van der Waals surface area contributed by atoms with Crippen molar-refractivity contribution in [3.05, 3.63) is 51.3 Å². The van der Waals surface area contributed by atoms with Gasteiger partial charge in [-0.25, -0.2) is 9.78 Å². The van der Waals surface area contributed by atoms with Crippen LogP contribution in [0, 0.1) is 5.92 Å². The molecule has 9 nitrogen and oxygen atoms in total. The molecule has 0 saturated heterocycles. The molecular weight excluding hydrogens is 526 g/mol. The van der Waals surface area contributed by atoms with Crippen molar-refractivity contribution in [2.75, 3.05) is 6.54 Å². The van der Waals surface area contributed by atoms with Gasteiger partial charge in [-0.15, -0.1) is 0 Å². The number of cyclic esters (lactones) is 1. The lowest BCUT2D eigenvalue weighted by molar-refractivity contribution is -0.189. The highest BCUT2D eigenvalue weighted by Gasteiger charge is 2.50. The lowest BCUT2D eigenvalue weighted by Gasteiger charge is -2.35. The monoisotopic (exact) mass is 563 g/mol. The van der Waals surface area contributed by atoms with E-state index in [1.54, 1.807) is 35.8 Å². The summed E-state index contributed by atoms with van der Waals surface area (Å²) in [6.07, 6.45) is 0.603. The number of nitrogens with two attached hydrogens (primary N) is 1. The lowest BCUT2D eigenvalue weighted by atomic mass is 9.85. The zero-order valence-corrected chi connectivity index (χ0v) is 24.8. The lowest BCUT2D eigenvalue weighted by Crippen LogP contribution is -2.47. The Hall–Kier alpha value is -3.50. The normalized spacial score (nSPS) is 17.9. The van der Waals surface area contributed by atoms with Gasteiger partial charge in [-0.3, -0.25) is 9.59 Å². The number of aromatic nitrogens is 2. The van der Waals surface area contributed by atoms with Crippen LogP contribution in [0.4, 0.5) is 0 Å². The van der Waals surface area contributed by atoms with Crippen molar-refractivity contribution in [1.82, 2.24) is 9.55 Å². The maximum Gasteiger partial charge on any atom is 0.355 e. The fourth-order valence-corrected chi connectivity index (χ4v) is 10.8. The van der Waals surface area contributed by atoms with E-state index < -0.39 is 25.6 Å². The van der Waals surface area contributed by atoms with Gasteiger partial charge in [0.1, 0.15) is 12.4 Å². The van der Waals surface area contributed by atoms with Crippen LogP contribution < -0.4 is 16.5 Å². The first-order valence-corrected chi connectivity index (χ1v) is 17.2. The third-order valence-electron chi connectivity index (χ3n) is 8.11. The fraction of sp³-hybridized carbons (Fsp3) is 0.467. The summed E-state index contributed by atoms with van der Waals surface area (Å²) in [4.78, 5) is 44.9. The molecule has 2 aromatic heterocycles. The second-order valence-electron chi connectivity index (χ2n) is 11.9. The Balaban J connectivity index is 1.76. The summed E-state index contributed by atoms with van der Waals surface area (Å²) in [5.74, 6) is -0.600. The molecule has 5 rings (SSSR count). The van der Waals surface area contributed by atoms with Crippen LogP contribution in [0.2, 0.25) is 19.1 Å². The van der Waals surface area contributed by atoms with E-state index in [0.717, 1.165) is 22.5 Å². The van der Waals surface area contributed by atoms with E-state index in [-0.39, 0.29) is 30.8 Å². The Kier molecular flexibility index (Phi) is 7.12. The van der Waals surface area contributed by atoms with Gasteiger partial charge < -0.3 is 24.9 Å². The average molecular weight is 564 g/mol. The number of phenolic OH excluding ortho intramolecular Hbond substituents is 1. The van der Waals surface area contributed by atoms with Gasteiger partial charge in [0.15, 0.2) is 0 Å². The predicted octanol–water partition coefficient (Wildman–Crippen LogP) is 3.65. The van der Waals surface area contributed by atoms with E-state index >= 15 is 0 Å². The number of esters is 2. The number of nitrogens with zero attached hydrogens (tertiary/aromatic N) is 2. The van der Waals surface area contributed by atoms with Crippen LogP contribution in [-0.2, 0) is 37.8 Å². The quantitative estimate of drug-likeness (QED) is 0.245. The number of carbonyl (C=O) groups is 2. The number of hydrogen-bond donors (Lipinski definition) is 2. The minimum absolute atomic E-state index is 0.0624. The van der Waals surface area contributed by atoms with Crippen molar-refractivity contribution in [3.8, 4) is 17.1 Å². The number of ether oxygens (including phenoxy) is 2. The molecule has 212 valence electrons. The molecule has 0 aliphatic carbocycles. The molecule has 40 heavy (non-hydrogen) atoms. The van der Waals surface area contributed by atoms with Gasteiger partial charge in [-0.2, -0.15) is 0 Å². The maximum atomic E-state index is 14.0. The number of fused-ring (bicyclic) bond motifs is 5. The third-order valence-corrected chi connectivity index (χ3v) is 11.9. The Bertz CT molecular complexity index is 1590. The summed E-state index contributed by atoms with van der Waals surface area (Å²) < 4.78 is 12.9. The minimum Gasteiger partial charge on any atom is -0.508 e. The van der Waals surface area contributed by atoms with Gasteiger partial charge >= 0.3 is 11.9 Å².